The number of ether oxygens (including phenoxy) is 1. The smallest absolute Gasteiger partial charge is 0.173 e. The number of carbonyl (C=O) groups excluding carboxylic acids is 1. The van der Waals surface area contributed by atoms with Gasteiger partial charge in [0.05, 0.1) is 11.9 Å². The Bertz CT molecular complexity index is 635. The molecule has 21 heavy (non-hydrogen) atoms. The van der Waals surface area contributed by atoms with Crippen molar-refractivity contribution >= 4 is 33.5 Å². The molecule has 0 N–H and O–H groups in total. The third-order valence-electron chi connectivity index (χ3n) is 3.20. The lowest BCUT2D eigenvalue weighted by molar-refractivity contribution is 0.102. The van der Waals surface area contributed by atoms with Crippen molar-refractivity contribution in [2.75, 3.05) is 5.75 Å². The maximum absolute atomic E-state index is 12.2. The van der Waals surface area contributed by atoms with Gasteiger partial charge in [0.1, 0.15) is 5.75 Å². The summed E-state index contributed by atoms with van der Waals surface area (Å²) in [5.74, 6) is 1.42. The van der Waals surface area contributed by atoms with Crippen LogP contribution in [-0.4, -0.2) is 17.6 Å². The van der Waals surface area contributed by atoms with Crippen LogP contribution in [0.4, 0.5) is 0 Å². The molecule has 1 saturated carbocycles. The number of thioether (sulfide) groups is 1. The highest BCUT2D eigenvalue weighted by molar-refractivity contribution is 9.10. The minimum Gasteiger partial charge on any atom is -0.490 e. The number of hydrogen-bond acceptors (Lipinski definition) is 3. The van der Waals surface area contributed by atoms with Crippen LogP contribution in [0.3, 0.4) is 0 Å². The van der Waals surface area contributed by atoms with E-state index in [4.69, 9.17) is 4.74 Å². The van der Waals surface area contributed by atoms with Crippen molar-refractivity contribution in [3.63, 3.8) is 0 Å². The molecule has 1 fully saturated rings. The van der Waals surface area contributed by atoms with Gasteiger partial charge in [-0.1, -0.05) is 12.1 Å². The van der Waals surface area contributed by atoms with E-state index in [-0.39, 0.29) is 5.78 Å². The number of carbonyl (C=O) groups is 1. The molecule has 0 atom stereocenters. The molecule has 1 aliphatic rings. The lowest BCUT2D eigenvalue weighted by atomic mass is 10.1. The van der Waals surface area contributed by atoms with Crippen molar-refractivity contribution in [2.45, 2.75) is 23.8 Å². The summed E-state index contributed by atoms with van der Waals surface area (Å²) in [6.07, 6.45) is 2.67. The van der Waals surface area contributed by atoms with Gasteiger partial charge in [-0.3, -0.25) is 4.79 Å². The van der Waals surface area contributed by atoms with Gasteiger partial charge in [0.2, 0.25) is 0 Å². The summed E-state index contributed by atoms with van der Waals surface area (Å²) in [7, 11) is 0. The highest BCUT2D eigenvalue weighted by atomic mass is 79.9. The molecular weight excluding hydrogens is 348 g/mol. The van der Waals surface area contributed by atoms with E-state index in [1.807, 2.05) is 48.5 Å². The number of hydrogen-bond donors (Lipinski definition) is 0. The largest absolute Gasteiger partial charge is 0.490 e. The van der Waals surface area contributed by atoms with E-state index >= 15 is 0 Å². The van der Waals surface area contributed by atoms with E-state index in [1.165, 1.54) is 0 Å². The SMILES string of the molecule is O=C(CSc1ccccc1Br)c1ccc(OC2CC2)cc1. The predicted molar refractivity (Wildman–Crippen MR) is 89.3 cm³/mol. The molecule has 0 amide bonds. The van der Waals surface area contributed by atoms with Crippen LogP contribution < -0.4 is 4.74 Å². The van der Waals surface area contributed by atoms with Crippen LogP contribution >= 0.6 is 27.7 Å². The fourth-order valence-corrected chi connectivity index (χ4v) is 3.35. The van der Waals surface area contributed by atoms with E-state index in [9.17, 15) is 4.79 Å². The first-order chi connectivity index (χ1) is 10.2. The summed E-state index contributed by atoms with van der Waals surface area (Å²) in [5, 5.41) is 0. The molecule has 0 spiro atoms. The zero-order chi connectivity index (χ0) is 14.7. The van der Waals surface area contributed by atoms with Crippen LogP contribution in [0.2, 0.25) is 0 Å². The fourth-order valence-electron chi connectivity index (χ4n) is 1.89. The predicted octanol–water partition coefficient (Wildman–Crippen LogP) is 4.97. The van der Waals surface area contributed by atoms with Crippen LogP contribution in [0.25, 0.3) is 0 Å². The Kier molecular flexibility index (Phi) is 4.66. The van der Waals surface area contributed by atoms with Gasteiger partial charge in [-0.05, 0) is 65.2 Å². The van der Waals surface area contributed by atoms with E-state index in [2.05, 4.69) is 15.9 Å². The van der Waals surface area contributed by atoms with Crippen molar-refractivity contribution in [1.82, 2.24) is 0 Å². The summed E-state index contributed by atoms with van der Waals surface area (Å²) in [4.78, 5) is 13.3. The van der Waals surface area contributed by atoms with Gasteiger partial charge < -0.3 is 4.74 Å². The highest BCUT2D eigenvalue weighted by Gasteiger charge is 2.23. The second-order valence-corrected chi connectivity index (χ2v) is 6.86. The number of Topliss-reactive ketones (excluding diaryl/α,β-unsaturated/α-hetero) is 1. The molecule has 0 heterocycles. The normalized spacial score (nSPS) is 14.0. The molecule has 1 aliphatic carbocycles. The van der Waals surface area contributed by atoms with E-state index in [1.54, 1.807) is 11.8 Å². The minimum absolute atomic E-state index is 0.133. The molecule has 2 aromatic rings. The molecule has 2 aromatic carbocycles. The number of rotatable bonds is 6. The molecule has 0 radical (unpaired) electrons. The number of halogens is 1. The summed E-state index contributed by atoms with van der Waals surface area (Å²) >= 11 is 5.04. The Labute approximate surface area is 137 Å². The first kappa shape index (κ1) is 14.7. The van der Waals surface area contributed by atoms with Crippen LogP contribution in [0.5, 0.6) is 5.75 Å². The fraction of sp³-hybridized carbons (Fsp3) is 0.235. The Morgan fingerprint density at radius 2 is 1.86 bits per heavy atom. The third kappa shape index (κ3) is 4.11. The average Bonchev–Trinajstić information content (AvgIpc) is 3.31. The van der Waals surface area contributed by atoms with Crippen LogP contribution in [0.1, 0.15) is 23.2 Å². The Morgan fingerprint density at radius 3 is 2.52 bits per heavy atom. The van der Waals surface area contributed by atoms with Gasteiger partial charge >= 0.3 is 0 Å². The van der Waals surface area contributed by atoms with Gasteiger partial charge in [0.15, 0.2) is 5.78 Å². The van der Waals surface area contributed by atoms with Crippen LogP contribution in [-0.2, 0) is 0 Å². The zero-order valence-corrected chi connectivity index (χ0v) is 13.8. The first-order valence-electron chi connectivity index (χ1n) is 6.89. The zero-order valence-electron chi connectivity index (χ0n) is 11.4. The molecule has 0 saturated heterocycles. The maximum Gasteiger partial charge on any atom is 0.173 e. The van der Waals surface area contributed by atoms with Crippen molar-refractivity contribution in [3.8, 4) is 5.75 Å². The number of benzene rings is 2. The van der Waals surface area contributed by atoms with E-state index < -0.39 is 0 Å². The molecule has 3 rings (SSSR count). The van der Waals surface area contributed by atoms with Crippen LogP contribution in [0, 0.1) is 0 Å². The van der Waals surface area contributed by atoms with Crippen molar-refractivity contribution in [2.24, 2.45) is 0 Å². The third-order valence-corrected chi connectivity index (χ3v) is 5.23. The minimum atomic E-state index is 0.133. The quantitative estimate of drug-likeness (QED) is 0.536. The van der Waals surface area contributed by atoms with Crippen molar-refractivity contribution in [1.29, 1.82) is 0 Å². The molecule has 0 aliphatic heterocycles. The standard InChI is InChI=1S/C17H15BrO2S/c18-15-3-1-2-4-17(15)21-11-16(19)12-5-7-13(8-6-12)20-14-9-10-14/h1-8,14H,9-11H2. The van der Waals surface area contributed by atoms with Crippen LogP contribution in [0.15, 0.2) is 57.9 Å². The second kappa shape index (κ2) is 6.67. The highest BCUT2D eigenvalue weighted by Crippen LogP contribution is 2.29. The second-order valence-electron chi connectivity index (χ2n) is 4.98. The average molecular weight is 363 g/mol. The summed E-state index contributed by atoms with van der Waals surface area (Å²) in [6, 6.07) is 15.4. The molecule has 2 nitrogen and oxygen atoms in total. The monoisotopic (exact) mass is 362 g/mol. The lowest BCUT2D eigenvalue weighted by Gasteiger charge is -2.06. The molecule has 108 valence electrons. The van der Waals surface area contributed by atoms with Crippen molar-refractivity contribution < 1.29 is 9.53 Å². The van der Waals surface area contributed by atoms with Crippen molar-refractivity contribution in [3.05, 3.63) is 58.6 Å². The van der Waals surface area contributed by atoms with Gasteiger partial charge in [-0.2, -0.15) is 0 Å². The van der Waals surface area contributed by atoms with E-state index in [0.29, 0.717) is 11.9 Å². The molecule has 0 unspecified atom stereocenters. The van der Waals surface area contributed by atoms with Gasteiger partial charge in [-0.15, -0.1) is 11.8 Å². The molecule has 0 bridgehead atoms. The molecule has 4 heteroatoms. The summed E-state index contributed by atoms with van der Waals surface area (Å²) in [5.41, 5.74) is 0.734. The Morgan fingerprint density at radius 1 is 1.14 bits per heavy atom. The first-order valence-corrected chi connectivity index (χ1v) is 8.67. The molecule has 0 aromatic heterocycles. The Hall–Kier alpha value is -1.26. The topological polar surface area (TPSA) is 26.3 Å². The Balaban J connectivity index is 1.58. The summed E-state index contributed by atoms with van der Waals surface area (Å²) < 4.78 is 6.71. The van der Waals surface area contributed by atoms with Gasteiger partial charge in [-0.25, -0.2) is 0 Å². The molecular formula is C17H15BrO2S. The lowest BCUT2D eigenvalue weighted by Crippen LogP contribution is -2.03. The van der Waals surface area contributed by atoms with Gasteiger partial charge in [0.25, 0.3) is 0 Å². The summed E-state index contributed by atoms with van der Waals surface area (Å²) in [6.45, 7) is 0. The van der Waals surface area contributed by atoms with E-state index in [0.717, 1.165) is 33.5 Å². The maximum atomic E-state index is 12.2. The van der Waals surface area contributed by atoms with Gasteiger partial charge in [0, 0.05) is 14.9 Å². The number of ketones is 1.